The van der Waals surface area contributed by atoms with Gasteiger partial charge in [0.15, 0.2) is 0 Å². The number of hydrogen-bond acceptors (Lipinski definition) is 1. The van der Waals surface area contributed by atoms with Gasteiger partial charge in [-0.05, 0) is 36.1 Å². The molecule has 0 saturated carbocycles. The van der Waals surface area contributed by atoms with Crippen LogP contribution in [0.2, 0.25) is 0 Å². The molecule has 0 radical (unpaired) electrons. The number of phenolic OH excluding ortho intramolecular Hbond substituents is 1. The Morgan fingerprint density at radius 3 is 1.71 bits per heavy atom. The van der Waals surface area contributed by atoms with Crippen LogP contribution in [0.3, 0.4) is 0 Å². The van der Waals surface area contributed by atoms with Crippen molar-refractivity contribution in [2.45, 2.75) is 61.3 Å². The van der Waals surface area contributed by atoms with Crippen LogP contribution in [0.5, 0.6) is 5.75 Å². The van der Waals surface area contributed by atoms with E-state index in [9.17, 15) is 5.11 Å². The molecule has 31 heavy (non-hydrogen) atoms. The van der Waals surface area contributed by atoms with Crippen molar-refractivity contribution in [3.8, 4) is 16.9 Å². The average Bonchev–Trinajstić information content (AvgIpc) is 2.87. The molecule has 0 atom stereocenters. The van der Waals surface area contributed by atoms with Gasteiger partial charge in [0.2, 0.25) is 0 Å². The molecular weight excluding hydrogens is 483 g/mol. The van der Waals surface area contributed by atoms with Crippen LogP contribution < -0.4 is 0 Å². The van der Waals surface area contributed by atoms with Crippen molar-refractivity contribution >= 4 is 27.9 Å². The molecule has 5 heteroatoms. The van der Waals surface area contributed by atoms with Gasteiger partial charge in [-0.3, -0.25) is 0 Å². The molecule has 1 nitrogen and oxygen atoms in total. The summed E-state index contributed by atoms with van der Waals surface area (Å²) in [5, 5.41) is 9.99. The number of aryl methyl sites for hydroxylation is 1. The number of rotatable bonds is 2. The van der Waals surface area contributed by atoms with E-state index in [0.29, 0.717) is 11.7 Å². The Morgan fingerprint density at radius 1 is 0.806 bits per heavy atom. The predicted molar refractivity (Wildman–Crippen MR) is 136 cm³/mol. The molecule has 0 aliphatic carbocycles. The normalized spacial score (nSPS) is 10.2. The third kappa shape index (κ3) is 8.23. The van der Waals surface area contributed by atoms with Gasteiger partial charge in [-0.15, -0.1) is 0 Å². The fraction of sp³-hybridized carbons (Fsp3) is 0.346. The Balaban J connectivity index is 0.000000290. The Morgan fingerprint density at radius 2 is 1.29 bits per heavy atom. The number of hydrogen-bond donors (Lipinski definition) is 1. The van der Waals surface area contributed by atoms with Gasteiger partial charge in [-0.25, -0.2) is 0 Å². The first kappa shape index (κ1) is 28.2. The van der Waals surface area contributed by atoms with Gasteiger partial charge in [0, 0.05) is 5.56 Å². The molecule has 0 unspecified atom stereocenters. The molecule has 3 rings (SSSR count). The Hall–Kier alpha value is -0.826. The minimum atomic E-state index is -1.92. The number of benzene rings is 2. The number of halogens is 3. The zero-order valence-electron chi connectivity index (χ0n) is 19.7. The van der Waals surface area contributed by atoms with E-state index >= 15 is 0 Å². The monoisotopic (exact) mass is 514 g/mol. The Labute approximate surface area is 206 Å². The molecule has 1 N–H and O–H groups in total. The second kappa shape index (κ2) is 13.0. The van der Waals surface area contributed by atoms with Gasteiger partial charge < -0.3 is 5.11 Å². The molecule has 0 saturated heterocycles. The van der Waals surface area contributed by atoms with Crippen molar-refractivity contribution in [2.24, 2.45) is 0 Å². The van der Waals surface area contributed by atoms with E-state index in [1.165, 1.54) is 33.4 Å². The summed E-state index contributed by atoms with van der Waals surface area (Å²) in [5.74, 6) is 0.801. The van der Waals surface area contributed by atoms with Crippen LogP contribution in [0.25, 0.3) is 11.1 Å². The topological polar surface area (TPSA) is 20.2 Å². The quantitative estimate of drug-likeness (QED) is 0.266. The molecule has 0 amide bonds. The van der Waals surface area contributed by atoms with Crippen molar-refractivity contribution in [3.05, 3.63) is 81.4 Å². The maximum atomic E-state index is 9.99. The Kier molecular flexibility index (Phi) is 11.8. The van der Waals surface area contributed by atoms with E-state index in [1.807, 2.05) is 31.2 Å². The maximum absolute atomic E-state index is 9.99. The molecule has 3 aromatic carbocycles. The summed E-state index contributed by atoms with van der Waals surface area (Å²) in [6.07, 6.45) is 0. The van der Waals surface area contributed by atoms with E-state index in [-0.39, 0.29) is 0 Å². The third-order valence-electron chi connectivity index (χ3n) is 5.84. The third-order valence-corrected chi connectivity index (χ3v) is 5.84. The summed E-state index contributed by atoms with van der Waals surface area (Å²) in [4.78, 5) is 0. The van der Waals surface area contributed by atoms with Gasteiger partial charge in [0.25, 0.3) is 0 Å². The van der Waals surface area contributed by atoms with Crippen molar-refractivity contribution in [3.63, 3.8) is 0 Å². The van der Waals surface area contributed by atoms with Gasteiger partial charge in [-0.2, -0.15) is 27.8 Å². The van der Waals surface area contributed by atoms with E-state index in [4.69, 9.17) is 27.9 Å². The van der Waals surface area contributed by atoms with Crippen LogP contribution in [-0.2, 0) is 14.7 Å². The molecule has 0 aliphatic heterocycles. The molecule has 3 aromatic rings. The molecule has 0 bridgehead atoms. The van der Waals surface area contributed by atoms with Gasteiger partial charge >= 0.3 is 42.6 Å². The SMILES string of the molecule is Cc1c(C)c(C)[c-](C)c1C.Cc1ccc(O)c(-c2ccccc2C(C)C)c1.[Cl][Ti+]([Cl])[Cl]. The fourth-order valence-electron chi connectivity index (χ4n) is 3.52. The summed E-state index contributed by atoms with van der Waals surface area (Å²) in [6, 6.07) is 14.0. The van der Waals surface area contributed by atoms with E-state index in [1.54, 1.807) is 6.07 Å². The first-order valence-electron chi connectivity index (χ1n) is 10.3. The first-order valence-corrected chi connectivity index (χ1v) is 16.7. The van der Waals surface area contributed by atoms with Crippen molar-refractivity contribution in [1.29, 1.82) is 0 Å². The zero-order chi connectivity index (χ0) is 23.9. The van der Waals surface area contributed by atoms with Crippen molar-refractivity contribution < 1.29 is 19.8 Å². The zero-order valence-corrected chi connectivity index (χ0v) is 23.5. The summed E-state index contributed by atoms with van der Waals surface area (Å²) < 4.78 is 0. The van der Waals surface area contributed by atoms with Gasteiger partial charge in [0.1, 0.15) is 5.75 Å². The van der Waals surface area contributed by atoms with Crippen molar-refractivity contribution in [2.75, 3.05) is 0 Å². The predicted octanol–water partition coefficient (Wildman–Crippen LogP) is 9.50. The molecule has 0 fully saturated rings. The summed E-state index contributed by atoms with van der Waals surface area (Å²) in [7, 11) is 14.9. The second-order valence-corrected chi connectivity index (χ2v) is 15.8. The van der Waals surface area contributed by atoms with Crippen LogP contribution >= 0.6 is 27.9 Å². The second-order valence-electron chi connectivity index (χ2n) is 8.10. The van der Waals surface area contributed by atoms with E-state index in [0.717, 1.165) is 16.7 Å². The molecule has 0 aliphatic rings. The first-order chi connectivity index (χ1) is 14.4. The minimum absolute atomic E-state index is 0.351. The van der Waals surface area contributed by atoms with Crippen LogP contribution in [-0.4, -0.2) is 5.11 Å². The standard InChI is InChI=1S/C16H18O.C10H15.3ClH.Ti/c1-11(2)13-6-4-5-7-14(13)15-10-12(3)8-9-16(15)17;1-6-7(2)9(4)10(5)8(6)3;;;;/h4-11,17H,1-3H3;1-5H3;3*1H;/q;-1;;;;+4/p-3. The average molecular weight is 516 g/mol. The van der Waals surface area contributed by atoms with Crippen LogP contribution in [0.1, 0.15) is 58.7 Å². The fourth-order valence-corrected chi connectivity index (χ4v) is 3.52. The van der Waals surface area contributed by atoms with Crippen LogP contribution in [0.4, 0.5) is 0 Å². The molecule has 0 spiro atoms. The van der Waals surface area contributed by atoms with Crippen LogP contribution in [0.15, 0.2) is 42.5 Å². The summed E-state index contributed by atoms with van der Waals surface area (Å²) >= 11 is -1.92. The summed E-state index contributed by atoms with van der Waals surface area (Å²) in [5.41, 5.74) is 11.8. The van der Waals surface area contributed by atoms with Crippen LogP contribution in [0, 0.1) is 41.5 Å². The molecule has 0 aromatic heterocycles. The van der Waals surface area contributed by atoms with Crippen molar-refractivity contribution in [1.82, 2.24) is 0 Å². The van der Waals surface area contributed by atoms with Gasteiger partial charge in [0.05, 0.1) is 0 Å². The molecular formula is C26H33Cl3OTi. The molecule has 168 valence electrons. The number of aromatic hydroxyl groups is 1. The van der Waals surface area contributed by atoms with E-state index in [2.05, 4.69) is 60.6 Å². The summed E-state index contributed by atoms with van der Waals surface area (Å²) in [6.45, 7) is 17.4. The van der Waals surface area contributed by atoms with E-state index < -0.39 is 14.7 Å². The number of phenols is 1. The van der Waals surface area contributed by atoms with Gasteiger partial charge in [-0.1, -0.05) is 84.4 Å². The Bertz CT molecular complexity index is 907. The molecule has 0 heterocycles.